The molecule has 1 amide bonds. The summed E-state index contributed by atoms with van der Waals surface area (Å²) >= 11 is 0. The van der Waals surface area contributed by atoms with Gasteiger partial charge in [0.05, 0.1) is 5.30 Å². The number of hydrogen-bond acceptors (Lipinski definition) is 4. The van der Waals surface area contributed by atoms with Gasteiger partial charge in [0.2, 0.25) is 7.37 Å². The Morgan fingerprint density at radius 3 is 2.69 bits per heavy atom. The van der Waals surface area contributed by atoms with Crippen LogP contribution in [0.1, 0.15) is 42.4 Å². The molecule has 2 heterocycles. The van der Waals surface area contributed by atoms with Gasteiger partial charge in [-0.1, -0.05) is 41.0 Å². The number of rotatable bonds is 8. The summed E-state index contributed by atoms with van der Waals surface area (Å²) in [7, 11) is -1.92. The van der Waals surface area contributed by atoms with Gasteiger partial charge in [0.25, 0.3) is 5.91 Å². The van der Waals surface area contributed by atoms with Gasteiger partial charge in [-0.25, -0.2) is 0 Å². The number of carbonyl (C=O) groups is 1. The maximum atomic E-state index is 14.1. The van der Waals surface area contributed by atoms with Crippen molar-refractivity contribution in [1.29, 1.82) is 0 Å². The SMILES string of the molecule is COP(=O)(C/C=C(/C)C=C(C)C)c1c(C(=O)NCc2cccnc2)[nH]c2ccc(C)cc12. The van der Waals surface area contributed by atoms with Crippen LogP contribution in [0, 0.1) is 6.92 Å². The van der Waals surface area contributed by atoms with Crippen LogP contribution in [0.5, 0.6) is 0 Å². The summed E-state index contributed by atoms with van der Waals surface area (Å²) < 4.78 is 19.7. The second-order valence-corrected chi connectivity index (χ2v) is 10.7. The van der Waals surface area contributed by atoms with E-state index >= 15 is 0 Å². The van der Waals surface area contributed by atoms with Crippen LogP contribution in [-0.2, 0) is 15.6 Å². The summed E-state index contributed by atoms with van der Waals surface area (Å²) in [6.45, 7) is 8.28. The number of aromatic nitrogens is 2. The fourth-order valence-electron chi connectivity index (χ4n) is 3.62. The number of benzene rings is 1. The number of amides is 1. The number of nitrogens with zero attached hydrogens (tertiary/aromatic N) is 1. The number of fused-ring (bicyclic) bond motifs is 1. The molecule has 1 atom stereocenters. The first-order chi connectivity index (χ1) is 15.2. The lowest BCUT2D eigenvalue weighted by Gasteiger charge is -2.17. The van der Waals surface area contributed by atoms with Crippen molar-refractivity contribution in [3.05, 3.63) is 82.8 Å². The third-order valence-electron chi connectivity index (χ3n) is 5.14. The summed E-state index contributed by atoms with van der Waals surface area (Å²) in [6.07, 6.45) is 7.52. The molecule has 1 unspecified atom stereocenters. The summed E-state index contributed by atoms with van der Waals surface area (Å²) in [5.74, 6) is -0.333. The number of allylic oxidation sites excluding steroid dienone is 4. The number of aryl methyl sites for hydroxylation is 1. The standard InChI is InChI=1S/C25H30N3O3P/c1-17(2)13-19(4)10-12-32(30,31-5)24-21-14-18(3)8-9-22(21)28-23(24)25(29)27-16-20-7-6-11-26-15-20/h6-11,13-15,28H,12,16H2,1-5H3,(H,27,29)/b19-10-. The minimum absolute atomic E-state index is 0.197. The lowest BCUT2D eigenvalue weighted by molar-refractivity contribution is 0.0947. The topological polar surface area (TPSA) is 84.1 Å². The molecule has 2 N–H and O–H groups in total. The lowest BCUT2D eigenvalue weighted by atomic mass is 10.2. The molecule has 7 heteroatoms. The van der Waals surface area contributed by atoms with Gasteiger partial charge in [0.1, 0.15) is 5.69 Å². The number of nitrogens with one attached hydrogen (secondary N) is 2. The van der Waals surface area contributed by atoms with E-state index in [0.29, 0.717) is 11.8 Å². The van der Waals surface area contributed by atoms with E-state index in [1.807, 2.05) is 70.2 Å². The second kappa shape index (κ2) is 10.1. The highest BCUT2D eigenvalue weighted by atomic mass is 31.2. The van der Waals surface area contributed by atoms with E-state index in [-0.39, 0.29) is 17.8 Å². The minimum Gasteiger partial charge on any atom is -0.350 e. The Balaban J connectivity index is 2.04. The van der Waals surface area contributed by atoms with Crippen LogP contribution in [-0.4, -0.2) is 29.1 Å². The fourth-order valence-corrected chi connectivity index (χ4v) is 5.71. The summed E-state index contributed by atoms with van der Waals surface area (Å²) in [5, 5.41) is 4.09. The van der Waals surface area contributed by atoms with Crippen LogP contribution in [0.3, 0.4) is 0 Å². The van der Waals surface area contributed by atoms with E-state index in [4.69, 9.17) is 4.52 Å². The average molecular weight is 452 g/mol. The van der Waals surface area contributed by atoms with Gasteiger partial charge in [-0.3, -0.25) is 14.3 Å². The highest BCUT2D eigenvalue weighted by Crippen LogP contribution is 2.48. The lowest BCUT2D eigenvalue weighted by Crippen LogP contribution is -2.28. The average Bonchev–Trinajstić information content (AvgIpc) is 3.15. The van der Waals surface area contributed by atoms with Crippen LogP contribution in [0.25, 0.3) is 10.9 Å². The number of hydrogen-bond donors (Lipinski definition) is 2. The van der Waals surface area contributed by atoms with Gasteiger partial charge in [0, 0.05) is 43.1 Å². The largest absolute Gasteiger partial charge is 0.350 e. The molecule has 2 aromatic heterocycles. The van der Waals surface area contributed by atoms with E-state index < -0.39 is 7.37 Å². The van der Waals surface area contributed by atoms with Crippen molar-refractivity contribution < 1.29 is 13.9 Å². The number of H-pyrrole nitrogens is 1. The molecule has 168 valence electrons. The fraction of sp³-hybridized carbons (Fsp3) is 0.280. The van der Waals surface area contributed by atoms with Crippen molar-refractivity contribution in [1.82, 2.24) is 15.3 Å². The van der Waals surface area contributed by atoms with Gasteiger partial charge < -0.3 is 14.8 Å². The van der Waals surface area contributed by atoms with Crippen molar-refractivity contribution in [2.75, 3.05) is 13.3 Å². The zero-order chi connectivity index (χ0) is 23.3. The minimum atomic E-state index is -3.36. The molecular formula is C25H30N3O3P. The van der Waals surface area contributed by atoms with Crippen LogP contribution >= 0.6 is 7.37 Å². The Labute approximate surface area is 189 Å². The molecule has 0 saturated carbocycles. The highest BCUT2D eigenvalue weighted by Gasteiger charge is 2.33. The maximum absolute atomic E-state index is 14.1. The zero-order valence-electron chi connectivity index (χ0n) is 19.2. The Morgan fingerprint density at radius 2 is 2.03 bits per heavy atom. The van der Waals surface area contributed by atoms with Crippen LogP contribution < -0.4 is 10.6 Å². The van der Waals surface area contributed by atoms with E-state index in [2.05, 4.69) is 15.3 Å². The predicted molar refractivity (Wildman–Crippen MR) is 131 cm³/mol. The molecule has 0 spiro atoms. The van der Waals surface area contributed by atoms with Crippen LogP contribution in [0.15, 0.2) is 66.0 Å². The second-order valence-electron chi connectivity index (χ2n) is 8.15. The van der Waals surface area contributed by atoms with Crippen molar-refractivity contribution in [2.24, 2.45) is 0 Å². The molecule has 0 aliphatic rings. The summed E-state index contributed by atoms with van der Waals surface area (Å²) in [6, 6.07) is 9.50. The van der Waals surface area contributed by atoms with Crippen molar-refractivity contribution in [3.63, 3.8) is 0 Å². The van der Waals surface area contributed by atoms with Gasteiger partial charge in [0.15, 0.2) is 0 Å². The van der Waals surface area contributed by atoms with Crippen LogP contribution in [0.4, 0.5) is 0 Å². The van der Waals surface area contributed by atoms with Gasteiger partial charge in [-0.15, -0.1) is 0 Å². The Morgan fingerprint density at radius 1 is 1.25 bits per heavy atom. The Hall–Kier alpha value is -2.95. The molecule has 3 rings (SSSR count). The quantitative estimate of drug-likeness (QED) is 0.361. The van der Waals surface area contributed by atoms with Crippen molar-refractivity contribution >= 4 is 29.5 Å². The molecule has 3 aromatic rings. The molecule has 0 aliphatic heterocycles. The third kappa shape index (κ3) is 5.45. The monoisotopic (exact) mass is 451 g/mol. The molecule has 0 aliphatic carbocycles. The molecule has 32 heavy (non-hydrogen) atoms. The Kier molecular flexibility index (Phi) is 7.49. The number of carbonyl (C=O) groups excluding carboxylic acids is 1. The first kappa shape index (κ1) is 23.7. The van der Waals surface area contributed by atoms with E-state index in [1.165, 1.54) is 7.11 Å². The highest BCUT2D eigenvalue weighted by molar-refractivity contribution is 7.67. The van der Waals surface area contributed by atoms with E-state index in [9.17, 15) is 9.36 Å². The molecule has 0 bridgehead atoms. The van der Waals surface area contributed by atoms with E-state index in [1.54, 1.807) is 12.4 Å². The smallest absolute Gasteiger partial charge is 0.268 e. The van der Waals surface area contributed by atoms with Crippen LogP contribution in [0.2, 0.25) is 0 Å². The number of pyridine rings is 1. The maximum Gasteiger partial charge on any atom is 0.268 e. The number of aromatic amines is 1. The molecule has 0 saturated heterocycles. The molecular weight excluding hydrogens is 421 g/mol. The normalized spacial score (nSPS) is 13.6. The molecule has 6 nitrogen and oxygen atoms in total. The first-order valence-electron chi connectivity index (χ1n) is 10.5. The predicted octanol–water partition coefficient (Wildman–Crippen LogP) is 5.26. The summed E-state index contributed by atoms with van der Waals surface area (Å²) in [5.41, 5.74) is 5.07. The molecule has 1 aromatic carbocycles. The van der Waals surface area contributed by atoms with Gasteiger partial charge in [-0.05, 0) is 51.5 Å². The zero-order valence-corrected chi connectivity index (χ0v) is 20.1. The third-order valence-corrected chi connectivity index (χ3v) is 7.53. The molecule has 0 fully saturated rings. The van der Waals surface area contributed by atoms with Gasteiger partial charge in [-0.2, -0.15) is 0 Å². The summed E-state index contributed by atoms with van der Waals surface area (Å²) in [4.78, 5) is 20.4. The first-order valence-corrected chi connectivity index (χ1v) is 12.3. The van der Waals surface area contributed by atoms with Crippen molar-refractivity contribution in [2.45, 2.75) is 34.2 Å². The Bertz CT molecular complexity index is 1220. The molecule has 0 radical (unpaired) electrons. The van der Waals surface area contributed by atoms with E-state index in [0.717, 1.165) is 33.2 Å². The van der Waals surface area contributed by atoms with Gasteiger partial charge >= 0.3 is 0 Å². The van der Waals surface area contributed by atoms with Crippen molar-refractivity contribution in [3.8, 4) is 0 Å².